The summed E-state index contributed by atoms with van der Waals surface area (Å²) in [7, 11) is 0. The molecule has 0 aliphatic carbocycles. The molecule has 10 heteroatoms. The molecule has 0 amide bonds. The van der Waals surface area contributed by atoms with E-state index in [1.165, 1.54) is 24.6 Å². The summed E-state index contributed by atoms with van der Waals surface area (Å²) in [5, 5.41) is 13.8. The van der Waals surface area contributed by atoms with Gasteiger partial charge in [0, 0.05) is 24.3 Å². The van der Waals surface area contributed by atoms with Crippen LogP contribution >= 0.6 is 0 Å². The molecule has 10 nitrogen and oxygen atoms in total. The van der Waals surface area contributed by atoms with Crippen molar-refractivity contribution in [1.29, 1.82) is 0 Å². The summed E-state index contributed by atoms with van der Waals surface area (Å²) in [6.45, 7) is 0. The Hall–Kier alpha value is -2.72. The van der Waals surface area contributed by atoms with Crippen molar-refractivity contribution in [2.24, 2.45) is 31.9 Å². The molecule has 0 radical (unpaired) electrons. The van der Waals surface area contributed by atoms with E-state index in [4.69, 9.17) is 20.9 Å². The van der Waals surface area contributed by atoms with Crippen molar-refractivity contribution in [1.82, 2.24) is 0 Å². The van der Waals surface area contributed by atoms with Crippen molar-refractivity contribution in [2.75, 3.05) is 0 Å². The van der Waals surface area contributed by atoms with Crippen LogP contribution in [0.2, 0.25) is 0 Å². The largest absolute Gasteiger partial charge is 0.415 e. The average molecular weight is 278 g/mol. The van der Waals surface area contributed by atoms with E-state index in [0.29, 0.717) is 0 Å². The third kappa shape index (κ3) is 3.40. The van der Waals surface area contributed by atoms with E-state index in [2.05, 4.69) is 20.5 Å². The first-order valence-corrected chi connectivity index (χ1v) is 5.32. The Balaban J connectivity index is 1.86. The van der Waals surface area contributed by atoms with E-state index < -0.39 is 23.6 Å². The second-order valence-electron chi connectivity index (χ2n) is 3.74. The molecular formula is C10H10N6O4. The first-order chi connectivity index (χ1) is 9.41. The van der Waals surface area contributed by atoms with Gasteiger partial charge in [-0.3, -0.25) is 11.5 Å². The molecule has 0 aromatic rings. The van der Waals surface area contributed by atoms with Crippen LogP contribution in [-0.4, -0.2) is 23.6 Å². The summed E-state index contributed by atoms with van der Waals surface area (Å²) in [5.74, 6) is -5.10. The quantitative estimate of drug-likeness (QED) is 0.412. The molecule has 2 atom stereocenters. The Morgan fingerprint density at radius 3 is 1.60 bits per heavy atom. The number of hydrogen-bond donors (Lipinski definition) is 2. The van der Waals surface area contributed by atoms with E-state index >= 15 is 0 Å². The zero-order chi connectivity index (χ0) is 14.6. The van der Waals surface area contributed by atoms with Crippen molar-refractivity contribution < 1.29 is 19.1 Å². The molecule has 0 fully saturated rings. The van der Waals surface area contributed by atoms with E-state index in [1.54, 1.807) is 0 Å². The molecule has 2 aliphatic rings. The number of azo groups is 2. The number of nitrogens with two attached hydrogens (primary N) is 2. The van der Waals surface area contributed by atoms with Crippen LogP contribution in [0.15, 0.2) is 57.2 Å². The van der Waals surface area contributed by atoms with Crippen LogP contribution in [0.5, 0.6) is 0 Å². The summed E-state index contributed by atoms with van der Waals surface area (Å²) in [5.41, 5.74) is 11.0. The maximum atomic E-state index is 11.4. The van der Waals surface area contributed by atoms with E-state index in [1.807, 2.05) is 0 Å². The second-order valence-corrected chi connectivity index (χ2v) is 3.74. The van der Waals surface area contributed by atoms with Gasteiger partial charge >= 0.3 is 11.9 Å². The predicted molar refractivity (Wildman–Crippen MR) is 63.2 cm³/mol. The first kappa shape index (κ1) is 13.7. The topological polar surface area (TPSA) is 154 Å². The van der Waals surface area contributed by atoms with E-state index in [-0.39, 0.29) is 0 Å². The van der Waals surface area contributed by atoms with Crippen LogP contribution in [0.1, 0.15) is 0 Å². The number of ether oxygens (including phenoxy) is 2. The fourth-order valence-electron chi connectivity index (χ4n) is 1.23. The van der Waals surface area contributed by atoms with Gasteiger partial charge in [-0.2, -0.15) is 10.2 Å². The summed E-state index contributed by atoms with van der Waals surface area (Å²) < 4.78 is 9.51. The highest BCUT2D eigenvalue weighted by Crippen LogP contribution is 2.16. The number of rotatable bonds is 4. The Kier molecular flexibility index (Phi) is 3.50. The van der Waals surface area contributed by atoms with Crippen molar-refractivity contribution in [2.45, 2.75) is 11.7 Å². The number of carbonyl (C=O) groups excluding carboxylic acids is 2. The Morgan fingerprint density at radius 2 is 1.30 bits per heavy atom. The van der Waals surface area contributed by atoms with Crippen LogP contribution in [0, 0.1) is 0 Å². The van der Waals surface area contributed by atoms with Gasteiger partial charge in [0.1, 0.15) is 0 Å². The SMILES string of the molecule is NC1(OC(=O)/C=C\C(=O)OC2(N)C=CN=N2)C=CN=N1. The van der Waals surface area contributed by atoms with E-state index in [0.717, 1.165) is 12.2 Å². The second kappa shape index (κ2) is 5.11. The van der Waals surface area contributed by atoms with Gasteiger partial charge in [0.15, 0.2) is 0 Å². The van der Waals surface area contributed by atoms with Crippen molar-refractivity contribution in [3.63, 3.8) is 0 Å². The van der Waals surface area contributed by atoms with Crippen molar-refractivity contribution in [3.05, 3.63) is 36.7 Å². The zero-order valence-electron chi connectivity index (χ0n) is 10.0. The molecule has 20 heavy (non-hydrogen) atoms. The lowest BCUT2D eigenvalue weighted by atomic mass is 10.4. The van der Waals surface area contributed by atoms with Gasteiger partial charge < -0.3 is 9.47 Å². The molecular weight excluding hydrogens is 268 g/mol. The van der Waals surface area contributed by atoms with Crippen LogP contribution in [0.3, 0.4) is 0 Å². The third-order valence-electron chi connectivity index (χ3n) is 2.07. The molecule has 0 aromatic carbocycles. The zero-order valence-corrected chi connectivity index (χ0v) is 10.0. The molecule has 104 valence electrons. The van der Waals surface area contributed by atoms with Crippen LogP contribution in [0.4, 0.5) is 0 Å². The molecule has 2 aliphatic heterocycles. The lowest BCUT2D eigenvalue weighted by Crippen LogP contribution is -2.39. The smallest absolute Gasteiger partial charge is 0.334 e. The Bertz CT molecular complexity index is 502. The van der Waals surface area contributed by atoms with Crippen LogP contribution < -0.4 is 11.5 Å². The molecule has 4 N–H and O–H groups in total. The van der Waals surface area contributed by atoms with Crippen LogP contribution in [0.25, 0.3) is 0 Å². The minimum Gasteiger partial charge on any atom is -0.415 e. The van der Waals surface area contributed by atoms with Gasteiger partial charge in [0.2, 0.25) is 0 Å². The predicted octanol–water partition coefficient (Wildman–Crippen LogP) is -0.187. The highest BCUT2D eigenvalue weighted by molar-refractivity contribution is 5.92. The van der Waals surface area contributed by atoms with Gasteiger partial charge in [-0.15, -0.1) is 10.2 Å². The maximum absolute atomic E-state index is 11.4. The number of hydrogen-bond acceptors (Lipinski definition) is 10. The average Bonchev–Trinajstić information content (AvgIpc) is 2.96. The highest BCUT2D eigenvalue weighted by atomic mass is 16.6. The van der Waals surface area contributed by atoms with Crippen LogP contribution in [-0.2, 0) is 19.1 Å². The number of esters is 2. The van der Waals surface area contributed by atoms with Gasteiger partial charge in [-0.05, 0) is 0 Å². The molecule has 0 spiro atoms. The molecule has 0 saturated carbocycles. The highest BCUT2D eigenvalue weighted by Gasteiger charge is 2.29. The summed E-state index contributed by atoms with van der Waals surface area (Å²) in [6.07, 6.45) is 6.74. The molecule has 0 saturated heterocycles. The molecule has 2 rings (SSSR count). The third-order valence-corrected chi connectivity index (χ3v) is 2.07. The summed E-state index contributed by atoms with van der Waals surface area (Å²) in [4.78, 5) is 22.8. The number of carbonyl (C=O) groups is 2. The van der Waals surface area contributed by atoms with Gasteiger partial charge in [0.05, 0.1) is 12.4 Å². The fraction of sp³-hybridized carbons (Fsp3) is 0.200. The lowest BCUT2D eigenvalue weighted by Gasteiger charge is -2.16. The van der Waals surface area contributed by atoms with Gasteiger partial charge in [-0.1, -0.05) is 0 Å². The Morgan fingerprint density at radius 1 is 0.900 bits per heavy atom. The van der Waals surface area contributed by atoms with Gasteiger partial charge in [-0.25, -0.2) is 9.59 Å². The molecule has 0 aromatic heterocycles. The first-order valence-electron chi connectivity index (χ1n) is 5.32. The monoisotopic (exact) mass is 278 g/mol. The fourth-order valence-corrected chi connectivity index (χ4v) is 1.23. The van der Waals surface area contributed by atoms with Crippen molar-refractivity contribution in [3.8, 4) is 0 Å². The summed E-state index contributed by atoms with van der Waals surface area (Å²) in [6, 6.07) is 0. The minimum atomic E-state index is -1.65. The van der Waals surface area contributed by atoms with Gasteiger partial charge in [0.25, 0.3) is 11.7 Å². The maximum Gasteiger partial charge on any atom is 0.334 e. The normalized spacial score (nSPS) is 30.3. The molecule has 2 heterocycles. The standard InChI is InChI=1S/C10H10N6O4/c11-9(3-5-13-15-9)19-7(17)1-2-8(18)20-10(12)4-6-14-16-10/h1-6H,11-12H2/b2-1-. The summed E-state index contributed by atoms with van der Waals surface area (Å²) >= 11 is 0. The van der Waals surface area contributed by atoms with E-state index in [9.17, 15) is 9.59 Å². The molecule has 0 bridgehead atoms. The Labute approximate surface area is 112 Å². The van der Waals surface area contributed by atoms with Crippen molar-refractivity contribution >= 4 is 11.9 Å². The lowest BCUT2D eigenvalue weighted by molar-refractivity contribution is -0.151. The minimum absolute atomic E-state index is 0.817. The molecule has 2 unspecified atom stereocenters. The number of nitrogens with zero attached hydrogens (tertiary/aromatic N) is 4.